The van der Waals surface area contributed by atoms with Gasteiger partial charge in [-0.25, -0.2) is 4.39 Å². The molecule has 2 rings (SSSR count). The van der Waals surface area contributed by atoms with Crippen molar-refractivity contribution in [1.82, 2.24) is 5.32 Å². The molecule has 148 valence electrons. The highest BCUT2D eigenvalue weighted by Gasteiger charge is 2.11. The second-order valence-electron chi connectivity index (χ2n) is 6.46. The Bertz CT molecular complexity index is 707. The van der Waals surface area contributed by atoms with Gasteiger partial charge in [-0.15, -0.1) is 0 Å². The summed E-state index contributed by atoms with van der Waals surface area (Å²) < 4.78 is 30.8. The molecule has 0 saturated heterocycles. The minimum Gasteiger partial charge on any atom is -0.493 e. The van der Waals surface area contributed by atoms with Gasteiger partial charge in [-0.1, -0.05) is 28.1 Å². The van der Waals surface area contributed by atoms with Gasteiger partial charge >= 0.3 is 0 Å². The largest absolute Gasteiger partial charge is 0.493 e. The maximum Gasteiger partial charge on any atom is 0.162 e. The number of nitrogens with one attached hydrogen (secondary N) is 1. The van der Waals surface area contributed by atoms with Crippen molar-refractivity contribution in [1.29, 1.82) is 0 Å². The van der Waals surface area contributed by atoms with Crippen LogP contribution in [0, 0.1) is 5.82 Å². The van der Waals surface area contributed by atoms with Crippen LogP contribution >= 0.6 is 15.9 Å². The van der Waals surface area contributed by atoms with Crippen molar-refractivity contribution in [2.24, 2.45) is 0 Å². The third-order valence-corrected chi connectivity index (χ3v) is 4.64. The van der Waals surface area contributed by atoms with Crippen LogP contribution in [0.3, 0.4) is 0 Å². The van der Waals surface area contributed by atoms with Crippen molar-refractivity contribution < 1.29 is 18.6 Å². The number of hydrogen-bond donors (Lipinski definition) is 1. The molecule has 0 heterocycles. The first-order chi connectivity index (χ1) is 13.0. The molecular weight excluding hydrogens is 413 g/mol. The maximum atomic E-state index is 13.0. The van der Waals surface area contributed by atoms with E-state index in [0.717, 1.165) is 41.7 Å². The summed E-state index contributed by atoms with van der Waals surface area (Å²) in [4.78, 5) is 0. The normalized spacial score (nSPS) is 11.0. The number of hydrogen-bond acceptors (Lipinski definition) is 4. The van der Waals surface area contributed by atoms with Gasteiger partial charge in [0.05, 0.1) is 13.2 Å². The van der Waals surface area contributed by atoms with E-state index in [4.69, 9.17) is 14.2 Å². The quantitative estimate of drug-likeness (QED) is 0.495. The van der Waals surface area contributed by atoms with Gasteiger partial charge in [0.25, 0.3) is 0 Å². The molecule has 2 aromatic rings. The minimum absolute atomic E-state index is 0.258. The van der Waals surface area contributed by atoms with E-state index >= 15 is 0 Å². The average Bonchev–Trinajstić information content (AvgIpc) is 2.65. The standard InChI is InChI=1S/C21H27BrFNO3/c1-15(2)26-10-4-9-24-13-17-11-20(25-3)21(12-19(17)22)27-14-16-5-7-18(23)8-6-16/h5-8,11-12,15,24H,4,9-10,13-14H2,1-3H3. The first-order valence-corrected chi connectivity index (χ1v) is 9.85. The van der Waals surface area contributed by atoms with E-state index in [2.05, 4.69) is 21.2 Å². The highest BCUT2D eigenvalue weighted by atomic mass is 79.9. The Morgan fingerprint density at radius 2 is 1.85 bits per heavy atom. The molecule has 0 aliphatic heterocycles. The van der Waals surface area contributed by atoms with Gasteiger partial charge in [0.2, 0.25) is 0 Å². The van der Waals surface area contributed by atoms with Crippen molar-refractivity contribution in [3.8, 4) is 11.5 Å². The molecule has 0 aromatic heterocycles. The monoisotopic (exact) mass is 439 g/mol. The van der Waals surface area contributed by atoms with Crippen LogP contribution in [0.4, 0.5) is 4.39 Å². The summed E-state index contributed by atoms with van der Waals surface area (Å²) in [5.41, 5.74) is 1.98. The zero-order valence-corrected chi connectivity index (χ0v) is 17.6. The molecule has 0 aliphatic carbocycles. The van der Waals surface area contributed by atoms with E-state index in [0.29, 0.717) is 18.1 Å². The molecule has 0 bridgehead atoms. The van der Waals surface area contributed by atoms with E-state index in [-0.39, 0.29) is 11.9 Å². The Kier molecular flexibility index (Phi) is 9.04. The van der Waals surface area contributed by atoms with Crippen LogP contribution in [0.15, 0.2) is 40.9 Å². The molecular formula is C21H27BrFNO3. The van der Waals surface area contributed by atoms with Crippen LogP contribution in [0.25, 0.3) is 0 Å². The molecule has 0 amide bonds. The van der Waals surface area contributed by atoms with Crippen molar-refractivity contribution >= 4 is 15.9 Å². The van der Waals surface area contributed by atoms with Gasteiger partial charge in [-0.3, -0.25) is 0 Å². The Morgan fingerprint density at radius 1 is 1.11 bits per heavy atom. The highest BCUT2D eigenvalue weighted by Crippen LogP contribution is 2.34. The fourth-order valence-electron chi connectivity index (χ4n) is 2.47. The molecule has 0 fully saturated rings. The topological polar surface area (TPSA) is 39.7 Å². The van der Waals surface area contributed by atoms with Crippen LogP contribution < -0.4 is 14.8 Å². The third-order valence-electron chi connectivity index (χ3n) is 3.90. The lowest BCUT2D eigenvalue weighted by molar-refractivity contribution is 0.0770. The Balaban J connectivity index is 1.90. The summed E-state index contributed by atoms with van der Waals surface area (Å²) in [6, 6.07) is 10.1. The first-order valence-electron chi connectivity index (χ1n) is 9.05. The predicted octanol–water partition coefficient (Wildman–Crippen LogP) is 5.08. The van der Waals surface area contributed by atoms with Crippen molar-refractivity contribution in [2.45, 2.75) is 39.5 Å². The SMILES string of the molecule is COc1cc(CNCCCOC(C)C)c(Br)cc1OCc1ccc(F)cc1. The van der Waals surface area contributed by atoms with Crippen molar-refractivity contribution in [2.75, 3.05) is 20.3 Å². The molecule has 0 atom stereocenters. The van der Waals surface area contributed by atoms with Gasteiger partial charge in [-0.2, -0.15) is 0 Å². The van der Waals surface area contributed by atoms with Crippen LogP contribution in [-0.4, -0.2) is 26.4 Å². The van der Waals surface area contributed by atoms with Crippen molar-refractivity contribution in [3.63, 3.8) is 0 Å². The molecule has 27 heavy (non-hydrogen) atoms. The summed E-state index contributed by atoms with van der Waals surface area (Å²) in [5.74, 6) is 1.05. The number of rotatable bonds is 11. The summed E-state index contributed by atoms with van der Waals surface area (Å²) in [6.45, 7) is 6.77. The Morgan fingerprint density at radius 3 is 2.52 bits per heavy atom. The van der Waals surface area contributed by atoms with Gasteiger partial charge in [0.1, 0.15) is 12.4 Å². The fourth-order valence-corrected chi connectivity index (χ4v) is 2.93. The van der Waals surface area contributed by atoms with Gasteiger partial charge in [-0.05, 0) is 62.2 Å². The molecule has 4 nitrogen and oxygen atoms in total. The molecule has 0 spiro atoms. The summed E-state index contributed by atoms with van der Waals surface area (Å²) in [5, 5.41) is 3.41. The van der Waals surface area contributed by atoms with E-state index in [1.807, 2.05) is 26.0 Å². The molecule has 0 aliphatic rings. The number of benzene rings is 2. The minimum atomic E-state index is -0.258. The molecule has 0 saturated carbocycles. The lowest BCUT2D eigenvalue weighted by Crippen LogP contribution is -2.17. The number of ether oxygens (including phenoxy) is 3. The van der Waals surface area contributed by atoms with Gasteiger partial charge in [0.15, 0.2) is 11.5 Å². The summed E-state index contributed by atoms with van der Waals surface area (Å²) >= 11 is 3.60. The lowest BCUT2D eigenvalue weighted by Gasteiger charge is -2.15. The van der Waals surface area contributed by atoms with E-state index < -0.39 is 0 Å². The zero-order chi connectivity index (χ0) is 19.6. The van der Waals surface area contributed by atoms with E-state index in [1.165, 1.54) is 12.1 Å². The number of methoxy groups -OCH3 is 1. The zero-order valence-electron chi connectivity index (χ0n) is 16.1. The van der Waals surface area contributed by atoms with Crippen LogP contribution in [-0.2, 0) is 17.9 Å². The second kappa shape index (κ2) is 11.3. The summed E-state index contributed by atoms with van der Waals surface area (Å²) in [7, 11) is 1.62. The average molecular weight is 440 g/mol. The second-order valence-corrected chi connectivity index (χ2v) is 7.31. The fraction of sp³-hybridized carbons (Fsp3) is 0.429. The molecule has 6 heteroatoms. The molecule has 0 radical (unpaired) electrons. The maximum absolute atomic E-state index is 13.0. The van der Waals surface area contributed by atoms with Crippen LogP contribution in [0.2, 0.25) is 0 Å². The molecule has 1 N–H and O–H groups in total. The molecule has 2 aromatic carbocycles. The predicted molar refractivity (Wildman–Crippen MR) is 109 cm³/mol. The number of halogens is 2. The Hall–Kier alpha value is -1.63. The van der Waals surface area contributed by atoms with Gasteiger partial charge in [0, 0.05) is 17.6 Å². The Labute approximate surface area is 169 Å². The van der Waals surface area contributed by atoms with Crippen LogP contribution in [0.5, 0.6) is 11.5 Å². The lowest BCUT2D eigenvalue weighted by atomic mass is 10.2. The van der Waals surface area contributed by atoms with Crippen LogP contribution in [0.1, 0.15) is 31.4 Å². The smallest absolute Gasteiger partial charge is 0.162 e. The molecule has 0 unspecified atom stereocenters. The first kappa shape index (κ1) is 21.7. The van der Waals surface area contributed by atoms with Gasteiger partial charge < -0.3 is 19.5 Å². The third kappa shape index (κ3) is 7.48. The summed E-state index contributed by atoms with van der Waals surface area (Å²) in [6.07, 6.45) is 1.23. The van der Waals surface area contributed by atoms with E-state index in [9.17, 15) is 4.39 Å². The van der Waals surface area contributed by atoms with E-state index in [1.54, 1.807) is 19.2 Å². The highest BCUT2D eigenvalue weighted by molar-refractivity contribution is 9.10. The van der Waals surface area contributed by atoms with Crippen molar-refractivity contribution in [3.05, 3.63) is 57.8 Å².